The predicted octanol–water partition coefficient (Wildman–Crippen LogP) is 1.43. The van der Waals surface area contributed by atoms with Gasteiger partial charge in [0.25, 0.3) is 5.91 Å². The molecule has 0 spiro atoms. The van der Waals surface area contributed by atoms with Crippen molar-refractivity contribution in [1.82, 2.24) is 5.32 Å². The number of rotatable bonds is 3. The Morgan fingerprint density at radius 1 is 1.29 bits per heavy atom. The number of nitrogens with one attached hydrogen (secondary N) is 1. The van der Waals surface area contributed by atoms with Gasteiger partial charge in [-0.05, 0) is 24.1 Å². The summed E-state index contributed by atoms with van der Waals surface area (Å²) in [5.74, 6) is 0.0914. The number of hydrogen-bond donors (Lipinski definition) is 1. The van der Waals surface area contributed by atoms with Crippen molar-refractivity contribution in [3.05, 3.63) is 29.8 Å². The van der Waals surface area contributed by atoms with Crippen LogP contribution in [0.15, 0.2) is 24.3 Å². The zero-order valence-electron chi connectivity index (χ0n) is 9.73. The minimum atomic E-state index is -0.555. The molecule has 90 valence electrons. The third-order valence-corrected chi connectivity index (χ3v) is 2.80. The maximum Gasteiger partial charge on any atom is 0.267 e. The van der Waals surface area contributed by atoms with E-state index in [9.17, 15) is 9.59 Å². The first-order chi connectivity index (χ1) is 8.19. The molecular formula is C13H15NO3. The summed E-state index contributed by atoms with van der Waals surface area (Å²) in [6.07, 6.45) is 1.20. The number of benzene rings is 1. The molecule has 17 heavy (non-hydrogen) atoms. The Balaban J connectivity index is 2.00. The van der Waals surface area contributed by atoms with Crippen LogP contribution in [0.1, 0.15) is 25.3 Å². The lowest BCUT2D eigenvalue weighted by atomic mass is 10.1. The van der Waals surface area contributed by atoms with E-state index in [1.807, 2.05) is 24.3 Å². The second-order valence-electron chi connectivity index (χ2n) is 4.06. The molecule has 0 aliphatic carbocycles. The van der Waals surface area contributed by atoms with E-state index in [0.717, 1.165) is 6.42 Å². The van der Waals surface area contributed by atoms with E-state index in [0.29, 0.717) is 18.6 Å². The lowest BCUT2D eigenvalue weighted by Gasteiger charge is -2.21. The van der Waals surface area contributed by atoms with Crippen LogP contribution in [-0.2, 0) is 16.0 Å². The molecule has 1 aromatic rings. The average Bonchev–Trinajstić information content (AvgIpc) is 2.34. The van der Waals surface area contributed by atoms with Crippen LogP contribution < -0.4 is 10.1 Å². The summed E-state index contributed by atoms with van der Waals surface area (Å²) in [6, 6.07) is 7.65. The smallest absolute Gasteiger partial charge is 0.267 e. The first-order valence-electron chi connectivity index (χ1n) is 5.78. The van der Waals surface area contributed by atoms with Crippen LogP contribution in [0.5, 0.6) is 5.75 Å². The van der Waals surface area contributed by atoms with Gasteiger partial charge in [-0.1, -0.05) is 19.1 Å². The highest BCUT2D eigenvalue weighted by molar-refractivity contribution is 5.99. The molecule has 1 saturated heterocycles. The Hall–Kier alpha value is -1.84. The van der Waals surface area contributed by atoms with E-state index in [4.69, 9.17) is 4.74 Å². The van der Waals surface area contributed by atoms with Gasteiger partial charge in [0.2, 0.25) is 5.91 Å². The van der Waals surface area contributed by atoms with Gasteiger partial charge in [-0.2, -0.15) is 0 Å². The van der Waals surface area contributed by atoms with Crippen LogP contribution in [0.3, 0.4) is 0 Å². The highest BCUT2D eigenvalue weighted by Crippen LogP contribution is 2.17. The summed E-state index contributed by atoms with van der Waals surface area (Å²) >= 11 is 0. The molecule has 1 atom stereocenters. The van der Waals surface area contributed by atoms with Crippen molar-refractivity contribution in [2.24, 2.45) is 0 Å². The molecule has 0 saturated carbocycles. The molecule has 4 heteroatoms. The lowest BCUT2D eigenvalue weighted by Crippen LogP contribution is -2.46. The maximum absolute atomic E-state index is 11.5. The topological polar surface area (TPSA) is 55.4 Å². The van der Waals surface area contributed by atoms with Crippen molar-refractivity contribution < 1.29 is 14.3 Å². The Morgan fingerprint density at radius 2 is 2.00 bits per heavy atom. The van der Waals surface area contributed by atoms with Crippen molar-refractivity contribution in [3.63, 3.8) is 0 Å². The van der Waals surface area contributed by atoms with Crippen LogP contribution in [0.2, 0.25) is 0 Å². The quantitative estimate of drug-likeness (QED) is 0.803. The minimum absolute atomic E-state index is 0.226. The number of piperidine rings is 1. The largest absolute Gasteiger partial charge is 0.481 e. The van der Waals surface area contributed by atoms with Crippen LogP contribution in [-0.4, -0.2) is 17.9 Å². The highest BCUT2D eigenvalue weighted by Gasteiger charge is 2.27. The second kappa shape index (κ2) is 4.99. The molecule has 1 unspecified atom stereocenters. The molecule has 0 radical (unpaired) electrons. The first-order valence-corrected chi connectivity index (χ1v) is 5.78. The number of carbonyl (C=O) groups is 2. The molecule has 0 aromatic heterocycles. The second-order valence-corrected chi connectivity index (χ2v) is 4.06. The maximum atomic E-state index is 11.5. The van der Waals surface area contributed by atoms with Crippen molar-refractivity contribution in [1.29, 1.82) is 0 Å². The fourth-order valence-electron chi connectivity index (χ4n) is 1.75. The average molecular weight is 233 g/mol. The SMILES string of the molecule is CCc1ccc(OC2CCC(=O)NC2=O)cc1. The number of imide groups is 1. The molecule has 1 aliphatic heterocycles. The summed E-state index contributed by atoms with van der Waals surface area (Å²) in [5.41, 5.74) is 1.22. The summed E-state index contributed by atoms with van der Waals surface area (Å²) in [6.45, 7) is 2.08. The number of carbonyl (C=O) groups excluding carboxylic acids is 2. The van der Waals surface area contributed by atoms with E-state index < -0.39 is 6.10 Å². The Kier molecular flexibility index (Phi) is 3.42. The van der Waals surface area contributed by atoms with Crippen LogP contribution in [0, 0.1) is 0 Å². The summed E-state index contributed by atoms with van der Waals surface area (Å²) in [5, 5.41) is 2.27. The molecule has 1 aromatic carbocycles. The van der Waals surface area contributed by atoms with Gasteiger partial charge in [0, 0.05) is 12.8 Å². The van der Waals surface area contributed by atoms with E-state index in [1.165, 1.54) is 5.56 Å². The van der Waals surface area contributed by atoms with E-state index in [-0.39, 0.29) is 11.8 Å². The third-order valence-electron chi connectivity index (χ3n) is 2.80. The molecular weight excluding hydrogens is 218 g/mol. The van der Waals surface area contributed by atoms with Crippen LogP contribution >= 0.6 is 0 Å². The van der Waals surface area contributed by atoms with Crippen molar-refractivity contribution >= 4 is 11.8 Å². The zero-order valence-corrected chi connectivity index (χ0v) is 9.73. The lowest BCUT2D eigenvalue weighted by molar-refractivity contribution is -0.138. The van der Waals surface area contributed by atoms with Gasteiger partial charge in [0.1, 0.15) is 5.75 Å². The van der Waals surface area contributed by atoms with E-state index >= 15 is 0 Å². The predicted molar refractivity (Wildman–Crippen MR) is 62.6 cm³/mol. The van der Waals surface area contributed by atoms with Crippen molar-refractivity contribution in [2.75, 3.05) is 0 Å². The molecule has 2 amide bonds. The number of hydrogen-bond acceptors (Lipinski definition) is 3. The van der Waals surface area contributed by atoms with E-state index in [2.05, 4.69) is 12.2 Å². The monoisotopic (exact) mass is 233 g/mol. The molecule has 1 aliphatic rings. The van der Waals surface area contributed by atoms with Crippen molar-refractivity contribution in [3.8, 4) is 5.75 Å². The van der Waals surface area contributed by atoms with Gasteiger partial charge in [0.05, 0.1) is 0 Å². The van der Waals surface area contributed by atoms with Gasteiger partial charge in [-0.25, -0.2) is 0 Å². The molecule has 0 bridgehead atoms. The fraction of sp³-hybridized carbons (Fsp3) is 0.385. The van der Waals surface area contributed by atoms with Gasteiger partial charge >= 0.3 is 0 Å². The number of aryl methyl sites for hydroxylation is 1. The number of amides is 2. The molecule has 1 N–H and O–H groups in total. The van der Waals surface area contributed by atoms with E-state index in [1.54, 1.807) is 0 Å². The third kappa shape index (κ3) is 2.84. The van der Waals surface area contributed by atoms with Gasteiger partial charge in [-0.3, -0.25) is 14.9 Å². The normalized spacial score (nSPS) is 19.9. The molecule has 4 nitrogen and oxygen atoms in total. The summed E-state index contributed by atoms with van der Waals surface area (Å²) < 4.78 is 5.55. The summed E-state index contributed by atoms with van der Waals surface area (Å²) in [4.78, 5) is 22.4. The highest BCUT2D eigenvalue weighted by atomic mass is 16.5. The van der Waals surface area contributed by atoms with Gasteiger partial charge in [0.15, 0.2) is 6.10 Å². The molecule has 1 fully saturated rings. The zero-order chi connectivity index (χ0) is 12.3. The Morgan fingerprint density at radius 3 is 2.59 bits per heavy atom. The van der Waals surface area contributed by atoms with Gasteiger partial charge in [-0.15, -0.1) is 0 Å². The molecule has 2 rings (SSSR count). The van der Waals surface area contributed by atoms with Crippen LogP contribution in [0.25, 0.3) is 0 Å². The summed E-state index contributed by atoms with van der Waals surface area (Å²) in [7, 11) is 0. The Bertz CT molecular complexity index is 425. The minimum Gasteiger partial charge on any atom is -0.481 e. The van der Waals surface area contributed by atoms with Crippen molar-refractivity contribution in [2.45, 2.75) is 32.3 Å². The number of ether oxygens (including phenoxy) is 1. The van der Waals surface area contributed by atoms with Gasteiger partial charge < -0.3 is 4.74 Å². The first kappa shape index (κ1) is 11.6. The van der Waals surface area contributed by atoms with Crippen LogP contribution in [0.4, 0.5) is 0 Å². The Labute approximate surface area is 100.0 Å². The standard InChI is InChI=1S/C13H15NO3/c1-2-9-3-5-10(6-4-9)17-11-7-8-12(15)14-13(11)16/h3-6,11H,2,7-8H2,1H3,(H,14,15,16). The fourth-order valence-corrected chi connectivity index (χ4v) is 1.75. The molecule has 1 heterocycles.